The molecule has 1 aromatic carbocycles. The summed E-state index contributed by atoms with van der Waals surface area (Å²) in [5.41, 5.74) is 4.90. The van der Waals surface area contributed by atoms with E-state index < -0.39 is 0 Å². The lowest BCUT2D eigenvalue weighted by molar-refractivity contribution is -0.112. The third-order valence-corrected chi connectivity index (χ3v) is 2.49. The predicted octanol–water partition coefficient (Wildman–Crippen LogP) is 3.21. The maximum absolute atomic E-state index is 10.8. The lowest BCUT2D eigenvalue weighted by Crippen LogP contribution is -1.91. The Hall–Kier alpha value is -1.37. The van der Waals surface area contributed by atoms with Crippen LogP contribution in [0, 0.1) is 20.8 Å². The predicted molar refractivity (Wildman–Crippen MR) is 60.4 cm³/mol. The number of hydrogen-bond acceptors (Lipinski definition) is 1. The van der Waals surface area contributed by atoms with Gasteiger partial charge in [0.25, 0.3) is 0 Å². The fourth-order valence-electron chi connectivity index (χ4n) is 1.43. The Morgan fingerprint density at radius 2 is 1.71 bits per heavy atom. The first kappa shape index (κ1) is 10.7. The monoisotopic (exact) mass is 188 g/mol. The van der Waals surface area contributed by atoms with Crippen molar-refractivity contribution in [3.63, 3.8) is 0 Å². The minimum atomic E-state index is 0.0882. The highest BCUT2D eigenvalue weighted by molar-refractivity contribution is 5.91. The molecule has 0 spiro atoms. The van der Waals surface area contributed by atoms with Crippen molar-refractivity contribution in [2.75, 3.05) is 0 Å². The van der Waals surface area contributed by atoms with Gasteiger partial charge in [0.05, 0.1) is 0 Å². The molecule has 0 saturated carbocycles. The third-order valence-electron chi connectivity index (χ3n) is 2.49. The van der Waals surface area contributed by atoms with E-state index in [0.717, 1.165) is 0 Å². The molecule has 0 unspecified atom stereocenters. The van der Waals surface area contributed by atoms with Gasteiger partial charge >= 0.3 is 0 Å². The second-order valence-electron chi connectivity index (χ2n) is 3.68. The standard InChI is InChI=1S/C13H16O/c1-9-5-6-10(2)13(12(9)4)8-7-11(3)14/h5-8H,1-4H3/b8-7-. The molecule has 0 atom stereocenters. The van der Waals surface area contributed by atoms with Crippen molar-refractivity contribution in [2.45, 2.75) is 27.7 Å². The number of carbonyl (C=O) groups is 1. The van der Waals surface area contributed by atoms with Gasteiger partial charge in [-0.15, -0.1) is 0 Å². The normalized spacial score (nSPS) is 10.9. The summed E-state index contributed by atoms with van der Waals surface area (Å²) in [5.74, 6) is 0.0882. The van der Waals surface area contributed by atoms with E-state index >= 15 is 0 Å². The van der Waals surface area contributed by atoms with Crippen LogP contribution in [0.5, 0.6) is 0 Å². The highest BCUT2D eigenvalue weighted by Crippen LogP contribution is 2.18. The van der Waals surface area contributed by atoms with Gasteiger partial charge in [0.1, 0.15) is 0 Å². The maximum atomic E-state index is 10.8. The molecule has 0 saturated heterocycles. The Morgan fingerprint density at radius 1 is 1.14 bits per heavy atom. The number of aryl methyl sites for hydroxylation is 2. The molecule has 14 heavy (non-hydrogen) atoms. The molecule has 1 rings (SSSR count). The molecule has 0 bridgehead atoms. The van der Waals surface area contributed by atoms with Crippen LogP contribution in [0.4, 0.5) is 0 Å². The fourth-order valence-corrected chi connectivity index (χ4v) is 1.43. The van der Waals surface area contributed by atoms with Crippen LogP contribution in [0.2, 0.25) is 0 Å². The molecule has 0 aliphatic heterocycles. The number of benzene rings is 1. The first-order chi connectivity index (χ1) is 6.52. The van der Waals surface area contributed by atoms with E-state index in [0.29, 0.717) is 0 Å². The second kappa shape index (κ2) is 4.23. The minimum Gasteiger partial charge on any atom is -0.295 e. The molecule has 1 nitrogen and oxygen atoms in total. The van der Waals surface area contributed by atoms with Crippen molar-refractivity contribution in [1.29, 1.82) is 0 Å². The Kier molecular flexibility index (Phi) is 3.23. The Bertz CT molecular complexity index is 386. The summed E-state index contributed by atoms with van der Waals surface area (Å²) < 4.78 is 0. The molecule has 0 N–H and O–H groups in total. The topological polar surface area (TPSA) is 17.1 Å². The molecule has 0 amide bonds. The summed E-state index contributed by atoms with van der Waals surface area (Å²) in [6, 6.07) is 4.19. The van der Waals surface area contributed by atoms with Gasteiger partial charge in [-0.25, -0.2) is 0 Å². The molecular weight excluding hydrogens is 172 g/mol. The molecule has 0 heterocycles. The summed E-state index contributed by atoms with van der Waals surface area (Å²) >= 11 is 0. The summed E-state index contributed by atoms with van der Waals surface area (Å²) in [6.07, 6.45) is 3.52. The van der Waals surface area contributed by atoms with E-state index in [1.807, 2.05) is 6.08 Å². The molecule has 74 valence electrons. The van der Waals surface area contributed by atoms with Gasteiger partial charge in [0.15, 0.2) is 5.78 Å². The zero-order chi connectivity index (χ0) is 10.7. The van der Waals surface area contributed by atoms with E-state index in [2.05, 4.69) is 32.9 Å². The second-order valence-corrected chi connectivity index (χ2v) is 3.68. The molecule has 0 aliphatic carbocycles. The van der Waals surface area contributed by atoms with Crippen LogP contribution in [0.3, 0.4) is 0 Å². The number of allylic oxidation sites excluding steroid dienone is 1. The molecule has 0 fully saturated rings. The van der Waals surface area contributed by atoms with Gasteiger partial charge in [-0.2, -0.15) is 0 Å². The summed E-state index contributed by atoms with van der Waals surface area (Å²) in [6.45, 7) is 7.80. The summed E-state index contributed by atoms with van der Waals surface area (Å²) in [4.78, 5) is 10.8. The number of hydrogen-bond donors (Lipinski definition) is 0. The average molecular weight is 188 g/mol. The molecular formula is C13H16O. The van der Waals surface area contributed by atoms with E-state index in [4.69, 9.17) is 0 Å². The van der Waals surface area contributed by atoms with Gasteiger partial charge in [-0.3, -0.25) is 4.79 Å². The molecule has 1 aromatic rings. The molecule has 0 aliphatic rings. The van der Waals surface area contributed by atoms with Crippen LogP contribution in [-0.2, 0) is 4.79 Å². The Morgan fingerprint density at radius 3 is 2.29 bits per heavy atom. The van der Waals surface area contributed by atoms with Crippen molar-refractivity contribution in [3.8, 4) is 0 Å². The van der Waals surface area contributed by atoms with Crippen molar-refractivity contribution in [1.82, 2.24) is 0 Å². The average Bonchev–Trinajstić information content (AvgIpc) is 2.11. The van der Waals surface area contributed by atoms with Crippen molar-refractivity contribution in [2.24, 2.45) is 0 Å². The van der Waals surface area contributed by atoms with Crippen LogP contribution in [0.1, 0.15) is 29.2 Å². The molecule has 0 radical (unpaired) electrons. The first-order valence-corrected chi connectivity index (χ1v) is 4.78. The van der Waals surface area contributed by atoms with Crippen LogP contribution in [0.25, 0.3) is 6.08 Å². The minimum absolute atomic E-state index is 0.0882. The number of ketones is 1. The lowest BCUT2D eigenvalue weighted by atomic mass is 9.98. The van der Waals surface area contributed by atoms with Crippen LogP contribution >= 0.6 is 0 Å². The maximum Gasteiger partial charge on any atom is 0.152 e. The van der Waals surface area contributed by atoms with E-state index in [9.17, 15) is 4.79 Å². The lowest BCUT2D eigenvalue weighted by Gasteiger charge is -2.07. The van der Waals surface area contributed by atoms with Crippen LogP contribution in [-0.4, -0.2) is 5.78 Å². The van der Waals surface area contributed by atoms with Gasteiger partial charge in [-0.1, -0.05) is 18.2 Å². The quantitative estimate of drug-likeness (QED) is 0.651. The van der Waals surface area contributed by atoms with Gasteiger partial charge in [0.2, 0.25) is 0 Å². The molecule has 1 heteroatoms. The SMILES string of the molecule is CC(=O)/C=C\c1c(C)ccc(C)c1C. The largest absolute Gasteiger partial charge is 0.295 e. The number of rotatable bonds is 2. The highest BCUT2D eigenvalue weighted by Gasteiger charge is 2.01. The smallest absolute Gasteiger partial charge is 0.152 e. The van der Waals surface area contributed by atoms with Crippen LogP contribution < -0.4 is 0 Å². The Labute approximate surface area is 85.5 Å². The zero-order valence-corrected chi connectivity index (χ0v) is 9.22. The summed E-state index contributed by atoms with van der Waals surface area (Å²) in [5, 5.41) is 0. The van der Waals surface area contributed by atoms with Crippen molar-refractivity contribution < 1.29 is 4.79 Å². The third kappa shape index (κ3) is 2.32. The van der Waals surface area contributed by atoms with Gasteiger partial charge in [0, 0.05) is 0 Å². The fraction of sp³-hybridized carbons (Fsp3) is 0.308. The first-order valence-electron chi connectivity index (χ1n) is 4.78. The summed E-state index contributed by atoms with van der Waals surface area (Å²) in [7, 11) is 0. The highest BCUT2D eigenvalue weighted by atomic mass is 16.1. The van der Waals surface area contributed by atoms with E-state index in [-0.39, 0.29) is 5.78 Å². The van der Waals surface area contributed by atoms with E-state index in [1.54, 1.807) is 13.0 Å². The van der Waals surface area contributed by atoms with Gasteiger partial charge < -0.3 is 0 Å². The van der Waals surface area contributed by atoms with Crippen molar-refractivity contribution in [3.05, 3.63) is 40.5 Å². The Balaban J connectivity index is 3.19. The zero-order valence-electron chi connectivity index (χ0n) is 9.22. The van der Waals surface area contributed by atoms with Crippen molar-refractivity contribution >= 4 is 11.9 Å². The van der Waals surface area contributed by atoms with E-state index in [1.165, 1.54) is 22.3 Å². The number of carbonyl (C=O) groups excluding carboxylic acids is 1. The van der Waals surface area contributed by atoms with Crippen LogP contribution in [0.15, 0.2) is 18.2 Å². The molecule has 0 aromatic heterocycles. The van der Waals surface area contributed by atoms with Gasteiger partial charge in [-0.05, 0) is 56.0 Å².